The van der Waals surface area contributed by atoms with Crippen molar-refractivity contribution in [1.82, 2.24) is 24.5 Å². The molecular weight excluding hydrogens is 384 g/mol. The maximum Gasteiger partial charge on any atom is 0.238 e. The molecule has 0 bridgehead atoms. The number of halogens is 1. The number of carbonyl (C=O) groups is 1. The summed E-state index contributed by atoms with van der Waals surface area (Å²) in [5.41, 5.74) is 0.916. The Bertz CT molecular complexity index is 934. The van der Waals surface area contributed by atoms with E-state index in [9.17, 15) is 4.79 Å². The van der Waals surface area contributed by atoms with Crippen LogP contribution in [0.2, 0.25) is 5.02 Å². The second-order valence-electron chi connectivity index (χ2n) is 6.38. The third kappa shape index (κ3) is 4.33. The Morgan fingerprint density at radius 3 is 2.52 bits per heavy atom. The van der Waals surface area contributed by atoms with Crippen molar-refractivity contribution in [2.45, 2.75) is 37.2 Å². The van der Waals surface area contributed by atoms with Gasteiger partial charge in [0.05, 0.1) is 11.4 Å². The molecule has 0 fully saturated rings. The summed E-state index contributed by atoms with van der Waals surface area (Å²) in [4.78, 5) is 12.6. The number of nitrogens with one attached hydrogen (secondary N) is 1. The Morgan fingerprint density at radius 1 is 1.15 bits per heavy atom. The van der Waals surface area contributed by atoms with E-state index in [1.807, 2.05) is 56.7 Å². The molecule has 1 aromatic carbocycles. The largest absolute Gasteiger partial charge is 0.310 e. The Kier molecular flexibility index (Phi) is 5.86. The average Bonchev–Trinajstić information content (AvgIpc) is 3.23. The van der Waals surface area contributed by atoms with Gasteiger partial charge in [-0.3, -0.25) is 4.79 Å². The number of benzene rings is 1. The molecular formula is C18H21ClN6OS. The summed E-state index contributed by atoms with van der Waals surface area (Å²) >= 11 is 7.29. The highest BCUT2D eigenvalue weighted by molar-refractivity contribution is 8.00. The van der Waals surface area contributed by atoms with Crippen LogP contribution in [0.3, 0.4) is 0 Å². The zero-order valence-corrected chi connectivity index (χ0v) is 17.1. The van der Waals surface area contributed by atoms with Crippen LogP contribution in [0.4, 0.5) is 5.82 Å². The number of amides is 1. The Labute approximate surface area is 167 Å². The summed E-state index contributed by atoms with van der Waals surface area (Å²) in [6, 6.07) is 9.36. The Hall–Kier alpha value is -2.32. The molecule has 27 heavy (non-hydrogen) atoms. The molecule has 0 aliphatic carbocycles. The summed E-state index contributed by atoms with van der Waals surface area (Å²) in [6.45, 7) is 5.87. The second kappa shape index (κ2) is 8.14. The molecule has 0 aliphatic rings. The molecule has 3 rings (SSSR count). The number of carbonyl (C=O) groups excluding carboxylic acids is 1. The van der Waals surface area contributed by atoms with E-state index in [4.69, 9.17) is 11.6 Å². The van der Waals surface area contributed by atoms with Crippen LogP contribution in [-0.2, 0) is 11.8 Å². The van der Waals surface area contributed by atoms with Gasteiger partial charge in [0.2, 0.25) is 5.91 Å². The minimum Gasteiger partial charge on any atom is -0.310 e. The fourth-order valence-corrected chi connectivity index (χ4v) is 3.47. The molecule has 1 N–H and O–H groups in total. The van der Waals surface area contributed by atoms with Crippen molar-refractivity contribution in [3.63, 3.8) is 0 Å². The number of nitrogens with zero attached hydrogens (tertiary/aromatic N) is 5. The van der Waals surface area contributed by atoms with Gasteiger partial charge in [0.15, 0.2) is 11.0 Å². The lowest BCUT2D eigenvalue weighted by Gasteiger charge is -2.14. The van der Waals surface area contributed by atoms with E-state index in [0.29, 0.717) is 16.0 Å². The van der Waals surface area contributed by atoms with Gasteiger partial charge in [-0.05, 0) is 45.0 Å². The van der Waals surface area contributed by atoms with Crippen molar-refractivity contribution in [3.8, 4) is 11.4 Å². The molecule has 2 aromatic heterocycles. The highest BCUT2D eigenvalue weighted by Gasteiger charge is 2.20. The fraction of sp³-hybridized carbons (Fsp3) is 0.333. The Morgan fingerprint density at radius 2 is 1.85 bits per heavy atom. The first-order chi connectivity index (χ1) is 12.9. The van der Waals surface area contributed by atoms with Crippen LogP contribution in [-0.4, -0.2) is 35.7 Å². The molecule has 0 spiro atoms. The molecule has 1 amide bonds. The second-order valence-corrected chi connectivity index (χ2v) is 8.12. The molecule has 0 saturated carbocycles. The molecule has 142 valence electrons. The number of thioether (sulfide) groups is 1. The van der Waals surface area contributed by atoms with Gasteiger partial charge in [0.1, 0.15) is 5.82 Å². The van der Waals surface area contributed by atoms with E-state index in [2.05, 4.69) is 20.6 Å². The lowest BCUT2D eigenvalue weighted by atomic mass is 10.2. The van der Waals surface area contributed by atoms with Crippen LogP contribution < -0.4 is 5.32 Å². The van der Waals surface area contributed by atoms with Crippen LogP contribution >= 0.6 is 23.4 Å². The average molecular weight is 405 g/mol. The first kappa shape index (κ1) is 19.4. The van der Waals surface area contributed by atoms with Crippen LogP contribution in [0.25, 0.3) is 11.4 Å². The normalized spacial score (nSPS) is 12.4. The predicted molar refractivity (Wildman–Crippen MR) is 108 cm³/mol. The van der Waals surface area contributed by atoms with E-state index < -0.39 is 0 Å². The van der Waals surface area contributed by atoms with Gasteiger partial charge in [-0.1, -0.05) is 23.4 Å². The molecule has 0 radical (unpaired) electrons. The number of aromatic nitrogens is 5. The van der Waals surface area contributed by atoms with Crippen molar-refractivity contribution in [1.29, 1.82) is 0 Å². The molecule has 0 unspecified atom stereocenters. The maximum absolute atomic E-state index is 12.6. The third-order valence-electron chi connectivity index (χ3n) is 4.00. The van der Waals surface area contributed by atoms with E-state index in [1.165, 1.54) is 11.8 Å². The van der Waals surface area contributed by atoms with Gasteiger partial charge in [0.25, 0.3) is 0 Å². The van der Waals surface area contributed by atoms with Gasteiger partial charge in [-0.2, -0.15) is 5.10 Å². The molecule has 9 heteroatoms. The van der Waals surface area contributed by atoms with Crippen LogP contribution in [0.15, 0.2) is 41.7 Å². The van der Waals surface area contributed by atoms with Crippen LogP contribution in [0, 0.1) is 0 Å². The SMILES string of the molecule is CC(C)n1nccc1NC(=O)[C@@H](C)Sc1nnc(-c2ccc(Cl)cc2)n1C. The summed E-state index contributed by atoms with van der Waals surface area (Å²) in [5, 5.41) is 16.6. The lowest BCUT2D eigenvalue weighted by Crippen LogP contribution is -2.25. The topological polar surface area (TPSA) is 77.6 Å². The van der Waals surface area contributed by atoms with Crippen molar-refractivity contribution in [2.24, 2.45) is 7.05 Å². The molecule has 7 nitrogen and oxygen atoms in total. The molecule has 0 saturated heterocycles. The van der Waals surface area contributed by atoms with Crippen LogP contribution in [0.1, 0.15) is 26.8 Å². The van der Waals surface area contributed by atoms with Gasteiger partial charge in [-0.25, -0.2) is 4.68 Å². The minimum absolute atomic E-state index is 0.113. The summed E-state index contributed by atoms with van der Waals surface area (Å²) in [7, 11) is 1.88. The monoisotopic (exact) mass is 404 g/mol. The van der Waals surface area contributed by atoms with E-state index in [-0.39, 0.29) is 17.2 Å². The van der Waals surface area contributed by atoms with Crippen molar-refractivity contribution in [2.75, 3.05) is 5.32 Å². The smallest absolute Gasteiger partial charge is 0.238 e. The van der Waals surface area contributed by atoms with Gasteiger partial charge >= 0.3 is 0 Å². The molecule has 1 atom stereocenters. The highest BCUT2D eigenvalue weighted by Crippen LogP contribution is 2.27. The first-order valence-electron chi connectivity index (χ1n) is 8.53. The van der Waals surface area contributed by atoms with E-state index in [1.54, 1.807) is 16.9 Å². The Balaban J connectivity index is 1.70. The number of rotatable bonds is 6. The van der Waals surface area contributed by atoms with Gasteiger partial charge in [0, 0.05) is 29.7 Å². The molecule has 3 aromatic rings. The summed E-state index contributed by atoms with van der Waals surface area (Å²) in [5.74, 6) is 1.29. The zero-order valence-electron chi connectivity index (χ0n) is 15.5. The van der Waals surface area contributed by atoms with Crippen molar-refractivity contribution >= 4 is 35.1 Å². The fourth-order valence-electron chi connectivity index (χ4n) is 2.53. The van der Waals surface area contributed by atoms with Gasteiger partial charge < -0.3 is 9.88 Å². The van der Waals surface area contributed by atoms with Gasteiger partial charge in [-0.15, -0.1) is 10.2 Å². The summed E-state index contributed by atoms with van der Waals surface area (Å²) in [6.07, 6.45) is 1.68. The highest BCUT2D eigenvalue weighted by atomic mass is 35.5. The molecule has 0 aliphatic heterocycles. The summed E-state index contributed by atoms with van der Waals surface area (Å²) < 4.78 is 3.65. The van der Waals surface area contributed by atoms with Crippen LogP contribution in [0.5, 0.6) is 0 Å². The zero-order chi connectivity index (χ0) is 19.6. The quantitative estimate of drug-likeness (QED) is 0.627. The first-order valence-corrected chi connectivity index (χ1v) is 9.79. The van der Waals surface area contributed by atoms with Crippen molar-refractivity contribution in [3.05, 3.63) is 41.6 Å². The number of hydrogen-bond donors (Lipinski definition) is 1. The lowest BCUT2D eigenvalue weighted by molar-refractivity contribution is -0.115. The standard InChI is InChI=1S/C18H21ClN6OS/c1-11(2)25-15(9-10-20-25)21-17(26)12(3)27-18-23-22-16(24(18)4)13-5-7-14(19)8-6-13/h5-12H,1-4H3,(H,21,26)/t12-/m1/s1. The van der Waals surface area contributed by atoms with E-state index in [0.717, 1.165) is 11.4 Å². The minimum atomic E-state index is -0.346. The molecule has 2 heterocycles. The maximum atomic E-state index is 12.6. The number of anilines is 1. The third-order valence-corrected chi connectivity index (χ3v) is 5.39. The van der Waals surface area contributed by atoms with E-state index >= 15 is 0 Å². The number of hydrogen-bond acceptors (Lipinski definition) is 5. The predicted octanol–water partition coefficient (Wildman–Crippen LogP) is 4.03. The van der Waals surface area contributed by atoms with Crippen molar-refractivity contribution < 1.29 is 4.79 Å².